The van der Waals surface area contributed by atoms with Crippen LogP contribution in [0.5, 0.6) is 0 Å². The van der Waals surface area contributed by atoms with Crippen molar-refractivity contribution in [3.63, 3.8) is 0 Å². The van der Waals surface area contributed by atoms with Crippen molar-refractivity contribution in [2.75, 3.05) is 0 Å². The molecule has 0 N–H and O–H groups in total. The number of sulfone groups is 1. The number of halogens is 2. The maximum Gasteiger partial charge on any atom is 0.341 e. The summed E-state index contributed by atoms with van der Waals surface area (Å²) in [5.74, 6) is -3.56. The van der Waals surface area contributed by atoms with Gasteiger partial charge >= 0.3 is 5.76 Å². The molecule has 10 heteroatoms. The number of hydrogen-bond acceptors (Lipinski definition) is 7. The molecule has 5 nitrogen and oxygen atoms in total. The van der Waals surface area contributed by atoms with Crippen LogP contribution in [-0.2, 0) is 27.5 Å². The molecule has 0 atom stereocenters. The van der Waals surface area contributed by atoms with Crippen LogP contribution in [-0.4, -0.2) is 29.9 Å². The first kappa shape index (κ1) is 20.7. The van der Waals surface area contributed by atoms with E-state index in [4.69, 9.17) is 0 Å². The zero-order valence-corrected chi connectivity index (χ0v) is 17.4. The van der Waals surface area contributed by atoms with Gasteiger partial charge in [0, 0.05) is 11.8 Å². The largest absolute Gasteiger partial charge is 0.341 e. The van der Waals surface area contributed by atoms with E-state index in [1.807, 2.05) is 19.2 Å². The normalized spacial score (nSPS) is 11.9. The number of alkyl halides is 2. The van der Waals surface area contributed by atoms with Crippen molar-refractivity contribution in [2.45, 2.75) is 37.3 Å². The number of hydrogen-bond donors (Lipinski definition) is 0. The Morgan fingerprint density at radius 2 is 1.79 bits per heavy atom. The molecule has 0 saturated carbocycles. The van der Waals surface area contributed by atoms with Crippen molar-refractivity contribution in [2.24, 2.45) is 0 Å². The number of nitrogens with zero attached hydrogens (tertiary/aromatic N) is 2. The molecular weight excluding hydrogens is 426 g/mol. The smallest absolute Gasteiger partial charge is 0.299 e. The lowest BCUT2D eigenvalue weighted by molar-refractivity contribution is -0.117. The van der Waals surface area contributed by atoms with Crippen molar-refractivity contribution in [3.05, 3.63) is 50.9 Å². The standard InChI is InChI=1S/C18H16F2N2O3S3/c1-10-17(27-11(2)21-10)15-9-26-16(22-15)8-13(23)7-12-3-5-14(6-4-12)28(24,25)18(19)20/h3-6,9,18H,7-8H2,1-2H3. The van der Waals surface area contributed by atoms with Crippen LogP contribution in [0.15, 0.2) is 34.5 Å². The van der Waals surface area contributed by atoms with Gasteiger partial charge in [0.15, 0.2) is 0 Å². The van der Waals surface area contributed by atoms with Crippen LogP contribution in [0.25, 0.3) is 10.6 Å². The zero-order chi connectivity index (χ0) is 20.5. The van der Waals surface area contributed by atoms with Gasteiger partial charge in [-0.15, -0.1) is 22.7 Å². The molecule has 0 radical (unpaired) electrons. The average Bonchev–Trinajstić information content (AvgIpc) is 3.20. The number of thiazole rings is 2. The summed E-state index contributed by atoms with van der Waals surface area (Å²) in [4.78, 5) is 21.7. The van der Waals surface area contributed by atoms with Crippen LogP contribution in [0.2, 0.25) is 0 Å². The van der Waals surface area contributed by atoms with Crippen LogP contribution in [0.3, 0.4) is 0 Å². The minimum absolute atomic E-state index is 0.0720. The van der Waals surface area contributed by atoms with Crippen molar-refractivity contribution in [3.8, 4) is 10.6 Å². The fourth-order valence-electron chi connectivity index (χ4n) is 2.62. The van der Waals surface area contributed by atoms with E-state index in [-0.39, 0.29) is 18.6 Å². The molecule has 28 heavy (non-hydrogen) atoms. The second-order valence-corrected chi connectivity index (χ2v) is 10.2. The first-order valence-corrected chi connectivity index (χ1v) is 11.4. The van der Waals surface area contributed by atoms with E-state index in [1.165, 1.54) is 23.5 Å². The molecule has 1 aromatic carbocycles. The third-order valence-electron chi connectivity index (χ3n) is 3.92. The van der Waals surface area contributed by atoms with Gasteiger partial charge in [0.1, 0.15) is 10.8 Å². The van der Waals surface area contributed by atoms with E-state index in [9.17, 15) is 22.0 Å². The fraction of sp³-hybridized carbons (Fsp3) is 0.278. The van der Waals surface area contributed by atoms with Crippen molar-refractivity contribution >= 4 is 38.3 Å². The summed E-state index contributed by atoms with van der Waals surface area (Å²) >= 11 is 2.95. The maximum atomic E-state index is 12.6. The molecule has 2 heterocycles. The summed E-state index contributed by atoms with van der Waals surface area (Å²) in [6, 6.07) is 4.95. The molecule has 0 unspecified atom stereocenters. The SMILES string of the molecule is Cc1nc(C)c(-c2csc(CC(=O)Cc3ccc(S(=O)(=O)C(F)F)cc3)n2)s1. The van der Waals surface area contributed by atoms with Gasteiger partial charge in [0.2, 0.25) is 9.84 Å². The molecular formula is C18H16F2N2O3S3. The highest BCUT2D eigenvalue weighted by atomic mass is 32.2. The number of carbonyl (C=O) groups is 1. The predicted molar refractivity (Wildman–Crippen MR) is 105 cm³/mol. The van der Waals surface area contributed by atoms with Gasteiger partial charge in [-0.2, -0.15) is 8.78 Å². The monoisotopic (exact) mass is 442 g/mol. The zero-order valence-electron chi connectivity index (χ0n) is 15.0. The molecule has 3 aromatic rings. The van der Waals surface area contributed by atoms with Gasteiger partial charge < -0.3 is 0 Å². The van der Waals surface area contributed by atoms with E-state index >= 15 is 0 Å². The van der Waals surface area contributed by atoms with Crippen molar-refractivity contribution in [1.82, 2.24) is 9.97 Å². The van der Waals surface area contributed by atoms with Gasteiger partial charge in [0.25, 0.3) is 0 Å². The van der Waals surface area contributed by atoms with Gasteiger partial charge in [-0.1, -0.05) is 12.1 Å². The third-order valence-corrected chi connectivity index (χ3v) is 7.27. The summed E-state index contributed by atoms with van der Waals surface area (Å²) in [5.41, 5.74) is 2.27. The van der Waals surface area contributed by atoms with E-state index in [0.29, 0.717) is 10.6 Å². The average molecular weight is 443 g/mol. The van der Waals surface area contributed by atoms with Crippen LogP contribution in [0.4, 0.5) is 8.78 Å². The molecule has 0 fully saturated rings. The molecule has 2 aromatic heterocycles. The van der Waals surface area contributed by atoms with Gasteiger partial charge in [-0.3, -0.25) is 4.79 Å². The second kappa shape index (κ2) is 8.14. The van der Waals surface area contributed by atoms with Crippen molar-refractivity contribution < 1.29 is 22.0 Å². The highest BCUT2D eigenvalue weighted by molar-refractivity contribution is 7.91. The minimum Gasteiger partial charge on any atom is -0.299 e. The topological polar surface area (TPSA) is 77.0 Å². The predicted octanol–water partition coefficient (Wildman–Crippen LogP) is 4.23. The first-order valence-electron chi connectivity index (χ1n) is 8.18. The second-order valence-electron chi connectivity index (χ2n) is 6.12. The molecule has 0 saturated heterocycles. The quantitative estimate of drug-likeness (QED) is 0.547. The number of carbonyl (C=O) groups excluding carboxylic acids is 1. The van der Waals surface area contributed by atoms with Crippen molar-refractivity contribution in [1.29, 1.82) is 0 Å². The Bertz CT molecular complexity index is 1100. The molecule has 0 bridgehead atoms. The lowest BCUT2D eigenvalue weighted by atomic mass is 10.1. The van der Waals surface area contributed by atoms with Crippen LogP contribution in [0.1, 0.15) is 21.3 Å². The molecule has 3 rings (SSSR count). The van der Waals surface area contributed by atoms with Crippen LogP contribution >= 0.6 is 22.7 Å². The summed E-state index contributed by atoms with van der Waals surface area (Å²) in [6.45, 7) is 3.84. The van der Waals surface area contributed by atoms with E-state index in [1.54, 1.807) is 11.3 Å². The van der Waals surface area contributed by atoms with Gasteiger partial charge in [-0.05, 0) is 31.5 Å². The molecule has 0 aliphatic heterocycles. The Balaban J connectivity index is 1.66. The Morgan fingerprint density at radius 3 is 2.36 bits per heavy atom. The van der Waals surface area contributed by atoms with E-state index < -0.39 is 20.5 Å². The lowest BCUT2D eigenvalue weighted by Gasteiger charge is -2.04. The Labute approximate surface area is 169 Å². The highest BCUT2D eigenvalue weighted by Gasteiger charge is 2.26. The number of ketones is 1. The molecule has 0 spiro atoms. The van der Waals surface area contributed by atoms with Gasteiger partial charge in [-0.25, -0.2) is 18.4 Å². The van der Waals surface area contributed by atoms with Gasteiger partial charge in [0.05, 0.1) is 32.6 Å². The molecule has 0 amide bonds. The Morgan fingerprint density at radius 1 is 1.11 bits per heavy atom. The highest BCUT2D eigenvalue weighted by Crippen LogP contribution is 2.30. The molecule has 0 aliphatic carbocycles. The Hall–Kier alpha value is -2.04. The first-order chi connectivity index (χ1) is 13.2. The molecule has 0 aliphatic rings. The summed E-state index contributed by atoms with van der Waals surface area (Å²) in [7, 11) is -4.63. The summed E-state index contributed by atoms with van der Waals surface area (Å²) in [5, 5.41) is 3.53. The Kier molecular flexibility index (Phi) is 6.01. The van der Waals surface area contributed by atoms with Crippen LogP contribution < -0.4 is 0 Å². The number of aryl methyl sites for hydroxylation is 2. The number of rotatable bonds is 7. The lowest BCUT2D eigenvalue weighted by Crippen LogP contribution is -2.11. The summed E-state index contributed by atoms with van der Waals surface area (Å²) in [6.07, 6.45) is 0.223. The third kappa shape index (κ3) is 4.50. The number of benzene rings is 1. The number of aromatic nitrogens is 2. The van der Waals surface area contributed by atoms with E-state index in [2.05, 4.69) is 9.97 Å². The van der Waals surface area contributed by atoms with E-state index in [0.717, 1.165) is 33.4 Å². The fourth-order valence-corrected chi connectivity index (χ4v) is 5.11. The van der Waals surface area contributed by atoms with Crippen LogP contribution in [0, 0.1) is 13.8 Å². The maximum absolute atomic E-state index is 12.6. The number of Topliss-reactive ketones (excluding diaryl/α,β-unsaturated/α-hetero) is 1. The minimum atomic E-state index is -4.63. The molecule has 148 valence electrons. The summed E-state index contributed by atoms with van der Waals surface area (Å²) < 4.78 is 47.9.